The Balaban J connectivity index is 2.41. The van der Waals surface area contributed by atoms with E-state index in [1.807, 2.05) is 13.8 Å². The maximum atomic E-state index is 11.8. The number of rotatable bonds is 0. The molecule has 1 heterocycles. The summed E-state index contributed by atoms with van der Waals surface area (Å²) in [6.07, 6.45) is 4.10. The van der Waals surface area contributed by atoms with E-state index in [0.29, 0.717) is 0 Å². The summed E-state index contributed by atoms with van der Waals surface area (Å²) in [5.41, 5.74) is 0. The van der Waals surface area contributed by atoms with Gasteiger partial charge in [0.05, 0.1) is 11.8 Å². The van der Waals surface area contributed by atoms with Gasteiger partial charge in [-0.1, -0.05) is 26.0 Å². The van der Waals surface area contributed by atoms with E-state index in [9.17, 15) is 9.59 Å². The van der Waals surface area contributed by atoms with Crippen molar-refractivity contribution in [3.63, 3.8) is 0 Å². The summed E-state index contributed by atoms with van der Waals surface area (Å²) in [6, 6.07) is 0. The molecule has 3 heteroatoms. The summed E-state index contributed by atoms with van der Waals surface area (Å²) in [6.45, 7) is 4.01. The summed E-state index contributed by atoms with van der Waals surface area (Å²) >= 11 is 0. The normalized spacial score (nSPS) is 41.8. The number of carbonyl (C=O) groups is 2. The van der Waals surface area contributed by atoms with Crippen LogP contribution >= 0.6 is 0 Å². The molecule has 0 aromatic rings. The van der Waals surface area contributed by atoms with Crippen LogP contribution in [0.2, 0.25) is 0 Å². The molecule has 2 aliphatic rings. The predicted molar refractivity (Wildman–Crippen MR) is 52.2 cm³/mol. The largest absolute Gasteiger partial charge is 0.285 e. The standard InChI is InChI=1S/C11H15NO2/c1-6-4-5-7(2)9-8(6)10(13)12(3)11(9)14/h4-9H,1-3H3. The number of amides is 2. The predicted octanol–water partition coefficient (Wildman–Crippen LogP) is 1.06. The van der Waals surface area contributed by atoms with Gasteiger partial charge in [0.25, 0.3) is 0 Å². The van der Waals surface area contributed by atoms with Gasteiger partial charge in [-0.15, -0.1) is 0 Å². The SMILES string of the molecule is CC1C=CC(C)C2C(=O)N(C)C(=O)C12. The van der Waals surface area contributed by atoms with Crippen molar-refractivity contribution in [2.75, 3.05) is 7.05 Å². The van der Waals surface area contributed by atoms with Gasteiger partial charge in [0.15, 0.2) is 0 Å². The fourth-order valence-electron chi connectivity index (χ4n) is 2.56. The Morgan fingerprint density at radius 2 is 1.36 bits per heavy atom. The van der Waals surface area contributed by atoms with E-state index in [4.69, 9.17) is 0 Å². The number of nitrogens with zero attached hydrogens (tertiary/aromatic N) is 1. The number of fused-ring (bicyclic) bond motifs is 1. The van der Waals surface area contributed by atoms with Crippen LogP contribution in [-0.2, 0) is 9.59 Å². The summed E-state index contributed by atoms with van der Waals surface area (Å²) in [5, 5.41) is 0. The van der Waals surface area contributed by atoms with Crippen LogP contribution in [0, 0.1) is 23.7 Å². The molecule has 1 saturated heterocycles. The van der Waals surface area contributed by atoms with Crippen molar-refractivity contribution in [2.45, 2.75) is 13.8 Å². The Bertz CT molecular complexity index is 291. The van der Waals surface area contributed by atoms with Crippen LogP contribution in [-0.4, -0.2) is 23.8 Å². The Labute approximate surface area is 83.8 Å². The lowest BCUT2D eigenvalue weighted by Crippen LogP contribution is -2.31. The van der Waals surface area contributed by atoms with Crippen LogP contribution < -0.4 is 0 Å². The highest BCUT2D eigenvalue weighted by Crippen LogP contribution is 2.40. The van der Waals surface area contributed by atoms with Crippen LogP contribution in [0.3, 0.4) is 0 Å². The number of hydrogen-bond acceptors (Lipinski definition) is 2. The van der Waals surface area contributed by atoms with Crippen LogP contribution in [0.15, 0.2) is 12.2 Å². The minimum Gasteiger partial charge on any atom is -0.285 e. The van der Waals surface area contributed by atoms with Crippen molar-refractivity contribution in [2.24, 2.45) is 23.7 Å². The molecule has 4 atom stereocenters. The average molecular weight is 193 g/mol. The lowest BCUT2D eigenvalue weighted by molar-refractivity contribution is -0.138. The summed E-state index contributed by atoms with van der Waals surface area (Å²) in [7, 11) is 1.59. The first-order valence-electron chi connectivity index (χ1n) is 5.03. The van der Waals surface area contributed by atoms with E-state index < -0.39 is 0 Å². The molecular formula is C11H15NO2. The van der Waals surface area contributed by atoms with Gasteiger partial charge in [-0.3, -0.25) is 14.5 Å². The Morgan fingerprint density at radius 3 is 1.71 bits per heavy atom. The molecule has 1 aliphatic heterocycles. The Hall–Kier alpha value is -1.12. The van der Waals surface area contributed by atoms with Crippen molar-refractivity contribution >= 4 is 11.8 Å². The van der Waals surface area contributed by atoms with Crippen LogP contribution in [0.25, 0.3) is 0 Å². The third kappa shape index (κ3) is 1.04. The van der Waals surface area contributed by atoms with Gasteiger partial charge in [-0.2, -0.15) is 0 Å². The van der Waals surface area contributed by atoms with E-state index in [1.54, 1.807) is 7.05 Å². The van der Waals surface area contributed by atoms with E-state index in [0.717, 1.165) is 0 Å². The smallest absolute Gasteiger partial charge is 0.233 e. The van der Waals surface area contributed by atoms with Gasteiger partial charge in [0.1, 0.15) is 0 Å². The topological polar surface area (TPSA) is 37.4 Å². The minimum absolute atomic E-state index is 0.0105. The number of carbonyl (C=O) groups excluding carboxylic acids is 2. The zero-order valence-electron chi connectivity index (χ0n) is 8.73. The van der Waals surface area contributed by atoms with Crippen LogP contribution in [0.5, 0.6) is 0 Å². The van der Waals surface area contributed by atoms with Crippen molar-refractivity contribution in [1.82, 2.24) is 4.90 Å². The van der Waals surface area contributed by atoms with Gasteiger partial charge < -0.3 is 0 Å². The first kappa shape index (κ1) is 9.44. The molecule has 0 saturated carbocycles. The zero-order valence-corrected chi connectivity index (χ0v) is 8.73. The quantitative estimate of drug-likeness (QED) is 0.426. The zero-order chi connectivity index (χ0) is 10.5. The average Bonchev–Trinajstić information content (AvgIpc) is 2.38. The van der Waals surface area contributed by atoms with Gasteiger partial charge >= 0.3 is 0 Å². The summed E-state index contributed by atoms with van der Waals surface area (Å²) in [4.78, 5) is 24.8. The fraction of sp³-hybridized carbons (Fsp3) is 0.636. The highest BCUT2D eigenvalue weighted by Gasteiger charge is 2.50. The molecule has 0 aromatic heterocycles. The molecule has 4 unspecified atom stereocenters. The lowest BCUT2D eigenvalue weighted by Gasteiger charge is -2.27. The van der Waals surface area contributed by atoms with E-state index in [2.05, 4.69) is 12.2 Å². The Morgan fingerprint density at radius 1 is 1.00 bits per heavy atom. The van der Waals surface area contributed by atoms with Crippen molar-refractivity contribution in [3.05, 3.63) is 12.2 Å². The molecule has 1 fully saturated rings. The molecular weight excluding hydrogens is 178 g/mol. The molecule has 76 valence electrons. The number of imide groups is 1. The van der Waals surface area contributed by atoms with Crippen molar-refractivity contribution in [3.8, 4) is 0 Å². The lowest BCUT2D eigenvalue weighted by atomic mass is 9.73. The van der Waals surface area contributed by atoms with Crippen LogP contribution in [0.4, 0.5) is 0 Å². The second-order valence-electron chi connectivity index (χ2n) is 4.39. The van der Waals surface area contributed by atoms with Crippen LogP contribution in [0.1, 0.15) is 13.8 Å². The van der Waals surface area contributed by atoms with Crippen molar-refractivity contribution < 1.29 is 9.59 Å². The van der Waals surface area contributed by atoms with Crippen molar-refractivity contribution in [1.29, 1.82) is 0 Å². The first-order valence-corrected chi connectivity index (χ1v) is 5.03. The first-order chi connectivity index (χ1) is 6.54. The molecule has 0 spiro atoms. The second kappa shape index (κ2) is 2.94. The molecule has 3 nitrogen and oxygen atoms in total. The monoisotopic (exact) mass is 193 g/mol. The summed E-state index contributed by atoms with van der Waals surface area (Å²) < 4.78 is 0. The molecule has 0 radical (unpaired) electrons. The molecule has 1 aliphatic carbocycles. The van der Waals surface area contributed by atoms with Gasteiger partial charge in [0.2, 0.25) is 11.8 Å². The molecule has 0 N–H and O–H groups in total. The van der Waals surface area contributed by atoms with E-state index in [-0.39, 0.29) is 35.5 Å². The number of likely N-dealkylation sites (tertiary alicyclic amines) is 1. The van der Waals surface area contributed by atoms with Gasteiger partial charge in [0, 0.05) is 7.05 Å². The minimum atomic E-state index is -0.118. The maximum Gasteiger partial charge on any atom is 0.233 e. The van der Waals surface area contributed by atoms with E-state index in [1.165, 1.54) is 4.90 Å². The molecule has 0 aromatic carbocycles. The maximum absolute atomic E-state index is 11.8. The number of allylic oxidation sites excluding steroid dienone is 2. The molecule has 2 amide bonds. The molecule has 14 heavy (non-hydrogen) atoms. The highest BCUT2D eigenvalue weighted by molar-refractivity contribution is 6.05. The van der Waals surface area contributed by atoms with E-state index >= 15 is 0 Å². The molecule has 0 bridgehead atoms. The van der Waals surface area contributed by atoms with Gasteiger partial charge in [-0.05, 0) is 11.8 Å². The Kier molecular flexibility index (Phi) is 1.98. The fourth-order valence-corrected chi connectivity index (χ4v) is 2.56. The summed E-state index contributed by atoms with van der Waals surface area (Å²) in [5.74, 6) is 0.127. The van der Waals surface area contributed by atoms with Gasteiger partial charge in [-0.25, -0.2) is 0 Å². The third-order valence-corrected chi connectivity index (χ3v) is 3.47. The number of hydrogen-bond donors (Lipinski definition) is 0. The second-order valence-corrected chi connectivity index (χ2v) is 4.39. The third-order valence-electron chi connectivity index (χ3n) is 3.47. The molecule has 2 rings (SSSR count). The highest BCUT2D eigenvalue weighted by atomic mass is 16.2.